The molecule has 2 aromatic rings. The number of hydrogen-bond donors (Lipinski definition) is 2. The summed E-state index contributed by atoms with van der Waals surface area (Å²) in [6.45, 7) is 2.13. The average Bonchev–Trinajstić information content (AvgIpc) is 3.11. The van der Waals surface area contributed by atoms with Crippen LogP contribution < -0.4 is 20.1 Å². The van der Waals surface area contributed by atoms with Crippen LogP contribution in [-0.2, 0) is 5.54 Å². The average molecular weight is 371 g/mol. The van der Waals surface area contributed by atoms with Crippen molar-refractivity contribution in [2.75, 3.05) is 19.5 Å². The summed E-state index contributed by atoms with van der Waals surface area (Å²) in [6.07, 6.45) is 4.59. The molecule has 138 valence electrons. The van der Waals surface area contributed by atoms with E-state index in [4.69, 9.17) is 21.7 Å². The van der Waals surface area contributed by atoms with Gasteiger partial charge in [-0.05, 0) is 49.7 Å². The monoisotopic (exact) mass is 370 g/mol. The summed E-state index contributed by atoms with van der Waals surface area (Å²) in [5, 5.41) is 7.51. The van der Waals surface area contributed by atoms with E-state index in [1.807, 2.05) is 18.2 Å². The molecule has 26 heavy (non-hydrogen) atoms. The van der Waals surface area contributed by atoms with E-state index in [0.717, 1.165) is 18.5 Å². The fourth-order valence-electron chi connectivity index (χ4n) is 3.70. The van der Waals surface area contributed by atoms with E-state index >= 15 is 0 Å². The predicted molar refractivity (Wildman–Crippen MR) is 110 cm³/mol. The summed E-state index contributed by atoms with van der Waals surface area (Å²) in [4.78, 5) is 0. The van der Waals surface area contributed by atoms with Crippen LogP contribution in [0, 0.1) is 6.92 Å². The summed E-state index contributed by atoms with van der Waals surface area (Å²) in [7, 11) is 3.26. The molecule has 0 unspecified atom stereocenters. The van der Waals surface area contributed by atoms with E-state index in [-0.39, 0.29) is 5.54 Å². The lowest BCUT2D eigenvalue weighted by molar-refractivity contribution is 0.355. The number of nitrogens with one attached hydrogen (secondary N) is 2. The molecular weight excluding hydrogens is 344 g/mol. The Hall–Kier alpha value is -2.27. The highest BCUT2D eigenvalue weighted by atomic mass is 32.1. The Kier molecular flexibility index (Phi) is 5.67. The maximum Gasteiger partial charge on any atom is 0.171 e. The van der Waals surface area contributed by atoms with Gasteiger partial charge >= 0.3 is 0 Å². The van der Waals surface area contributed by atoms with Gasteiger partial charge in [-0.15, -0.1) is 0 Å². The van der Waals surface area contributed by atoms with Crippen LogP contribution in [0.4, 0.5) is 5.69 Å². The highest BCUT2D eigenvalue weighted by Gasteiger charge is 2.36. The van der Waals surface area contributed by atoms with Crippen molar-refractivity contribution < 1.29 is 9.47 Å². The van der Waals surface area contributed by atoms with Gasteiger partial charge in [0.2, 0.25) is 0 Å². The Morgan fingerprint density at radius 2 is 1.73 bits per heavy atom. The molecule has 0 aliphatic heterocycles. The number of anilines is 1. The smallest absolute Gasteiger partial charge is 0.171 e. The lowest BCUT2D eigenvalue weighted by Gasteiger charge is -2.33. The SMILES string of the molecule is COc1ccc(NC(=S)NC2(c3cccc(C)c3)CCCC2)cc1OC. The van der Waals surface area contributed by atoms with Crippen molar-refractivity contribution in [2.45, 2.75) is 38.1 Å². The highest BCUT2D eigenvalue weighted by Crippen LogP contribution is 2.39. The summed E-state index contributed by atoms with van der Waals surface area (Å²) in [6, 6.07) is 14.4. The van der Waals surface area contributed by atoms with E-state index < -0.39 is 0 Å². The first-order valence-electron chi connectivity index (χ1n) is 8.95. The summed E-state index contributed by atoms with van der Waals surface area (Å²) >= 11 is 5.62. The van der Waals surface area contributed by atoms with Crippen molar-refractivity contribution >= 4 is 23.0 Å². The quantitative estimate of drug-likeness (QED) is 0.742. The fraction of sp³-hybridized carbons (Fsp3) is 0.381. The molecule has 5 heteroatoms. The zero-order chi connectivity index (χ0) is 18.6. The third-order valence-corrected chi connectivity index (χ3v) is 5.23. The Morgan fingerprint density at radius 1 is 1.00 bits per heavy atom. The molecule has 3 rings (SSSR count). The van der Waals surface area contributed by atoms with E-state index in [9.17, 15) is 0 Å². The minimum absolute atomic E-state index is 0.0906. The standard InChI is InChI=1S/C21H26N2O2S/c1-15-7-6-8-16(13-15)21(11-4-5-12-21)23-20(26)22-17-9-10-18(24-2)19(14-17)25-3/h6-10,13-14H,4-5,11-12H2,1-3H3,(H2,22,23,26). The second-order valence-electron chi connectivity index (χ2n) is 6.81. The van der Waals surface area contributed by atoms with Gasteiger partial charge in [-0.2, -0.15) is 0 Å². The van der Waals surface area contributed by atoms with Gasteiger partial charge in [0, 0.05) is 11.8 Å². The molecule has 0 radical (unpaired) electrons. The number of aryl methyl sites for hydroxylation is 1. The van der Waals surface area contributed by atoms with Crippen molar-refractivity contribution in [3.05, 3.63) is 53.6 Å². The normalized spacial score (nSPS) is 15.3. The molecule has 0 heterocycles. The van der Waals surface area contributed by atoms with Crippen LogP contribution in [-0.4, -0.2) is 19.3 Å². The van der Waals surface area contributed by atoms with Gasteiger partial charge in [0.25, 0.3) is 0 Å². The number of thiocarbonyl (C=S) groups is 1. The Bertz CT molecular complexity index is 785. The molecule has 0 amide bonds. The molecule has 1 fully saturated rings. The van der Waals surface area contributed by atoms with E-state index in [2.05, 4.69) is 41.8 Å². The van der Waals surface area contributed by atoms with E-state index in [1.165, 1.54) is 24.0 Å². The van der Waals surface area contributed by atoms with Crippen molar-refractivity contribution in [1.82, 2.24) is 5.32 Å². The molecule has 0 saturated heterocycles. The van der Waals surface area contributed by atoms with Crippen LogP contribution in [0.15, 0.2) is 42.5 Å². The van der Waals surface area contributed by atoms with Gasteiger partial charge in [-0.25, -0.2) is 0 Å². The van der Waals surface area contributed by atoms with Gasteiger partial charge in [0.05, 0.1) is 19.8 Å². The second kappa shape index (κ2) is 7.96. The first-order chi connectivity index (χ1) is 12.6. The van der Waals surface area contributed by atoms with Crippen LogP contribution in [0.1, 0.15) is 36.8 Å². The van der Waals surface area contributed by atoms with Crippen molar-refractivity contribution in [2.24, 2.45) is 0 Å². The molecule has 1 saturated carbocycles. The number of rotatable bonds is 5. The zero-order valence-electron chi connectivity index (χ0n) is 15.6. The maximum atomic E-state index is 5.62. The number of benzene rings is 2. The minimum atomic E-state index is -0.0906. The van der Waals surface area contributed by atoms with Crippen LogP contribution in [0.3, 0.4) is 0 Å². The molecule has 2 aromatic carbocycles. The highest BCUT2D eigenvalue weighted by molar-refractivity contribution is 7.80. The molecule has 0 atom stereocenters. The maximum absolute atomic E-state index is 5.62. The lowest BCUT2D eigenvalue weighted by Crippen LogP contribution is -2.45. The van der Waals surface area contributed by atoms with Gasteiger partial charge in [-0.3, -0.25) is 0 Å². The Balaban J connectivity index is 1.77. The van der Waals surface area contributed by atoms with E-state index in [0.29, 0.717) is 16.6 Å². The van der Waals surface area contributed by atoms with Gasteiger partial charge < -0.3 is 20.1 Å². The lowest BCUT2D eigenvalue weighted by atomic mass is 9.87. The van der Waals surface area contributed by atoms with Crippen LogP contribution in [0.25, 0.3) is 0 Å². The zero-order valence-corrected chi connectivity index (χ0v) is 16.4. The number of hydrogen-bond acceptors (Lipinski definition) is 3. The Morgan fingerprint density at radius 3 is 2.38 bits per heavy atom. The summed E-state index contributed by atoms with van der Waals surface area (Å²) in [5.41, 5.74) is 3.37. The molecule has 4 nitrogen and oxygen atoms in total. The van der Waals surface area contributed by atoms with Gasteiger partial charge in [0.15, 0.2) is 16.6 Å². The largest absolute Gasteiger partial charge is 0.493 e. The van der Waals surface area contributed by atoms with E-state index in [1.54, 1.807) is 14.2 Å². The third kappa shape index (κ3) is 3.93. The molecule has 0 aromatic heterocycles. The summed E-state index contributed by atoms with van der Waals surface area (Å²) < 4.78 is 10.7. The first-order valence-corrected chi connectivity index (χ1v) is 9.35. The van der Waals surface area contributed by atoms with Gasteiger partial charge in [0.1, 0.15) is 0 Å². The minimum Gasteiger partial charge on any atom is -0.493 e. The van der Waals surface area contributed by atoms with Crippen molar-refractivity contribution in [1.29, 1.82) is 0 Å². The molecular formula is C21H26N2O2S. The summed E-state index contributed by atoms with van der Waals surface area (Å²) in [5.74, 6) is 1.37. The fourth-order valence-corrected chi connectivity index (χ4v) is 4.01. The third-order valence-electron chi connectivity index (χ3n) is 5.02. The number of methoxy groups -OCH3 is 2. The van der Waals surface area contributed by atoms with Crippen molar-refractivity contribution in [3.63, 3.8) is 0 Å². The second-order valence-corrected chi connectivity index (χ2v) is 7.22. The molecule has 1 aliphatic rings. The van der Waals surface area contributed by atoms with Gasteiger partial charge in [-0.1, -0.05) is 42.7 Å². The topological polar surface area (TPSA) is 42.5 Å². The van der Waals surface area contributed by atoms with Crippen molar-refractivity contribution in [3.8, 4) is 11.5 Å². The number of ether oxygens (including phenoxy) is 2. The van der Waals surface area contributed by atoms with Crippen LogP contribution in [0.2, 0.25) is 0 Å². The Labute approximate surface area is 160 Å². The first kappa shape index (κ1) is 18.5. The predicted octanol–water partition coefficient (Wildman–Crippen LogP) is 4.77. The van der Waals surface area contributed by atoms with Crippen LogP contribution in [0.5, 0.6) is 11.5 Å². The molecule has 0 bridgehead atoms. The molecule has 0 spiro atoms. The molecule has 1 aliphatic carbocycles. The molecule has 2 N–H and O–H groups in total. The van der Waals surface area contributed by atoms with Crippen LogP contribution >= 0.6 is 12.2 Å².